The third-order valence-corrected chi connectivity index (χ3v) is 3.32. The van der Waals surface area contributed by atoms with Gasteiger partial charge >= 0.3 is 11.9 Å². The largest absolute Gasteiger partial charge is 0.419 e. The molecule has 6 nitrogen and oxygen atoms in total. The normalized spacial score (nSPS) is 16.2. The van der Waals surface area contributed by atoms with Crippen LogP contribution in [-0.4, -0.2) is 31.3 Å². The fraction of sp³-hybridized carbons (Fsp3) is 0.353. The summed E-state index contributed by atoms with van der Waals surface area (Å²) in [5.74, 6) is -2.62. The minimum Gasteiger partial charge on any atom is -0.419 e. The van der Waals surface area contributed by atoms with Gasteiger partial charge in [-0.1, -0.05) is 12.1 Å². The lowest BCUT2D eigenvalue weighted by atomic mass is 10.1. The first-order valence-electron chi connectivity index (χ1n) is 7.19. The molecule has 6 heteroatoms. The van der Waals surface area contributed by atoms with Crippen molar-refractivity contribution in [2.45, 2.75) is 26.1 Å². The van der Waals surface area contributed by atoms with Gasteiger partial charge in [0, 0.05) is 33.1 Å². The highest BCUT2D eigenvalue weighted by Gasteiger charge is 2.38. The van der Waals surface area contributed by atoms with Crippen molar-refractivity contribution in [3.8, 4) is 6.07 Å². The Morgan fingerprint density at radius 1 is 1.17 bits per heavy atom. The molecule has 1 heterocycles. The molecule has 0 unspecified atom stereocenters. The van der Waals surface area contributed by atoms with E-state index in [1.807, 2.05) is 24.1 Å². The van der Waals surface area contributed by atoms with E-state index in [4.69, 9.17) is 14.7 Å². The van der Waals surface area contributed by atoms with E-state index in [2.05, 4.69) is 6.07 Å². The topological polar surface area (TPSA) is 79.6 Å². The van der Waals surface area contributed by atoms with Gasteiger partial charge in [-0.05, 0) is 23.8 Å². The highest BCUT2D eigenvalue weighted by Crippen LogP contribution is 2.24. The minimum atomic E-state index is -1.24. The summed E-state index contributed by atoms with van der Waals surface area (Å²) in [4.78, 5) is 25.7. The number of carbonyl (C=O) groups excluding carboxylic acids is 2. The van der Waals surface area contributed by atoms with Gasteiger partial charge < -0.3 is 14.4 Å². The van der Waals surface area contributed by atoms with E-state index < -0.39 is 17.7 Å². The number of nitrogens with zero attached hydrogens (tertiary/aromatic N) is 2. The Morgan fingerprint density at radius 2 is 1.74 bits per heavy atom. The molecule has 0 amide bonds. The van der Waals surface area contributed by atoms with Crippen molar-refractivity contribution in [2.75, 3.05) is 18.5 Å². The highest BCUT2D eigenvalue weighted by molar-refractivity contribution is 6.18. The van der Waals surface area contributed by atoms with Crippen LogP contribution in [-0.2, 0) is 19.1 Å². The Bertz CT molecular complexity index is 662. The van der Waals surface area contributed by atoms with E-state index in [-0.39, 0.29) is 5.57 Å². The molecule has 120 valence electrons. The molecule has 1 aliphatic heterocycles. The lowest BCUT2D eigenvalue weighted by Gasteiger charge is -2.29. The van der Waals surface area contributed by atoms with Crippen LogP contribution in [0, 0.1) is 11.3 Å². The molecule has 2 rings (SSSR count). The molecule has 0 saturated carbocycles. The van der Waals surface area contributed by atoms with Crippen molar-refractivity contribution in [2.24, 2.45) is 0 Å². The summed E-state index contributed by atoms with van der Waals surface area (Å²) in [6, 6.07) is 9.37. The Kier molecular flexibility index (Phi) is 4.70. The molecule has 1 fully saturated rings. The van der Waals surface area contributed by atoms with Gasteiger partial charge in [-0.2, -0.15) is 5.26 Å². The number of rotatable bonds is 4. The quantitative estimate of drug-likeness (QED) is 0.482. The van der Waals surface area contributed by atoms with E-state index >= 15 is 0 Å². The van der Waals surface area contributed by atoms with Crippen LogP contribution < -0.4 is 4.90 Å². The number of hydrogen-bond acceptors (Lipinski definition) is 6. The highest BCUT2D eigenvalue weighted by atomic mass is 16.7. The molecule has 1 aromatic rings. The summed E-state index contributed by atoms with van der Waals surface area (Å²) in [5.41, 5.74) is 1.50. The first kappa shape index (κ1) is 16.6. The standard InChI is InChI=1S/C17H18N2O4/c1-17(2)22-15(20)14(16(21)23-17)11-12-5-7-13(8-6-12)19(3)10-4-9-18/h5-8,11H,4,10H2,1-3H3. The average Bonchev–Trinajstić information content (AvgIpc) is 2.48. The predicted octanol–water partition coefficient (Wildman–Crippen LogP) is 2.26. The molecule has 0 atom stereocenters. The van der Waals surface area contributed by atoms with Crippen LogP contribution in [0.1, 0.15) is 25.8 Å². The lowest BCUT2D eigenvalue weighted by molar-refractivity contribution is -0.222. The molecule has 0 aliphatic carbocycles. The van der Waals surface area contributed by atoms with Crippen LogP contribution in [0.3, 0.4) is 0 Å². The SMILES string of the molecule is CN(CCC#N)c1ccc(C=C2C(=O)OC(C)(C)OC2=O)cc1. The summed E-state index contributed by atoms with van der Waals surface area (Å²) in [6.45, 7) is 3.64. The van der Waals surface area contributed by atoms with Gasteiger partial charge in [0.2, 0.25) is 0 Å². The second kappa shape index (κ2) is 6.53. The molecule has 0 N–H and O–H groups in total. The van der Waals surface area contributed by atoms with Crippen molar-refractivity contribution in [3.63, 3.8) is 0 Å². The fourth-order valence-corrected chi connectivity index (χ4v) is 2.12. The van der Waals surface area contributed by atoms with E-state index in [1.54, 1.807) is 12.1 Å². The number of benzene rings is 1. The predicted molar refractivity (Wildman–Crippen MR) is 84.2 cm³/mol. The zero-order chi connectivity index (χ0) is 17.0. The Morgan fingerprint density at radius 3 is 2.26 bits per heavy atom. The van der Waals surface area contributed by atoms with Gasteiger partial charge in [-0.3, -0.25) is 0 Å². The molecule has 1 aromatic carbocycles. The van der Waals surface area contributed by atoms with Crippen molar-refractivity contribution in [3.05, 3.63) is 35.4 Å². The van der Waals surface area contributed by atoms with Crippen LogP contribution in [0.5, 0.6) is 0 Å². The maximum Gasteiger partial charge on any atom is 0.348 e. The first-order valence-corrected chi connectivity index (χ1v) is 7.19. The number of esters is 2. The Balaban J connectivity index is 2.16. The van der Waals surface area contributed by atoms with Gasteiger partial charge in [0.15, 0.2) is 0 Å². The number of ether oxygens (including phenoxy) is 2. The number of carbonyl (C=O) groups is 2. The van der Waals surface area contributed by atoms with Gasteiger partial charge in [0.05, 0.1) is 12.5 Å². The zero-order valence-electron chi connectivity index (χ0n) is 13.3. The van der Waals surface area contributed by atoms with Crippen molar-refractivity contribution >= 4 is 23.7 Å². The van der Waals surface area contributed by atoms with E-state index in [1.165, 1.54) is 19.9 Å². The van der Waals surface area contributed by atoms with Crippen LogP contribution in [0.25, 0.3) is 6.08 Å². The maximum atomic E-state index is 11.9. The summed E-state index contributed by atoms with van der Waals surface area (Å²) in [7, 11) is 1.89. The first-order chi connectivity index (χ1) is 10.8. The third-order valence-electron chi connectivity index (χ3n) is 3.32. The monoisotopic (exact) mass is 314 g/mol. The second-order valence-electron chi connectivity index (χ2n) is 5.66. The molecule has 1 aliphatic rings. The molecule has 0 bridgehead atoms. The lowest BCUT2D eigenvalue weighted by Crippen LogP contribution is -2.41. The maximum absolute atomic E-state index is 11.9. The van der Waals surface area contributed by atoms with E-state index in [0.717, 1.165) is 5.69 Å². The van der Waals surface area contributed by atoms with Crippen LogP contribution in [0.15, 0.2) is 29.8 Å². The Hall–Kier alpha value is -2.81. The summed E-state index contributed by atoms with van der Waals surface area (Å²) >= 11 is 0. The summed E-state index contributed by atoms with van der Waals surface area (Å²) in [6.07, 6.45) is 1.88. The third kappa shape index (κ3) is 4.10. The van der Waals surface area contributed by atoms with E-state index in [9.17, 15) is 9.59 Å². The van der Waals surface area contributed by atoms with Crippen LogP contribution in [0.2, 0.25) is 0 Å². The van der Waals surface area contributed by atoms with Crippen LogP contribution in [0.4, 0.5) is 5.69 Å². The molecule has 0 aromatic heterocycles. The number of hydrogen-bond donors (Lipinski definition) is 0. The van der Waals surface area contributed by atoms with Gasteiger partial charge in [0.25, 0.3) is 5.79 Å². The molecule has 0 radical (unpaired) electrons. The van der Waals surface area contributed by atoms with Gasteiger partial charge in [-0.15, -0.1) is 0 Å². The summed E-state index contributed by atoms with van der Waals surface area (Å²) < 4.78 is 10.1. The van der Waals surface area contributed by atoms with Crippen molar-refractivity contribution in [1.82, 2.24) is 0 Å². The molecular weight excluding hydrogens is 296 g/mol. The van der Waals surface area contributed by atoms with Crippen molar-refractivity contribution < 1.29 is 19.1 Å². The average molecular weight is 314 g/mol. The number of cyclic esters (lactones) is 2. The second-order valence-corrected chi connectivity index (χ2v) is 5.66. The summed E-state index contributed by atoms with van der Waals surface area (Å²) in [5, 5.41) is 8.60. The zero-order valence-corrected chi connectivity index (χ0v) is 13.3. The van der Waals surface area contributed by atoms with Gasteiger partial charge in [0.1, 0.15) is 5.57 Å². The molecular formula is C17H18N2O4. The number of anilines is 1. The van der Waals surface area contributed by atoms with E-state index in [0.29, 0.717) is 18.5 Å². The minimum absolute atomic E-state index is 0.130. The fourth-order valence-electron chi connectivity index (χ4n) is 2.12. The smallest absolute Gasteiger partial charge is 0.348 e. The van der Waals surface area contributed by atoms with Gasteiger partial charge in [-0.25, -0.2) is 9.59 Å². The van der Waals surface area contributed by atoms with Crippen LogP contribution >= 0.6 is 0 Å². The Labute approximate surface area is 134 Å². The molecule has 23 heavy (non-hydrogen) atoms. The molecule has 1 saturated heterocycles. The number of nitriles is 1. The molecule has 0 spiro atoms. The van der Waals surface area contributed by atoms with Crippen molar-refractivity contribution in [1.29, 1.82) is 5.26 Å².